The van der Waals surface area contributed by atoms with Gasteiger partial charge in [-0.1, -0.05) is 19.1 Å². The minimum absolute atomic E-state index is 0.269. The zero-order chi connectivity index (χ0) is 12.6. The molecule has 3 heteroatoms. The van der Waals surface area contributed by atoms with Crippen LogP contribution in [-0.4, -0.2) is 25.0 Å². The number of hydrogen-bond donors (Lipinski definition) is 1. The van der Waals surface area contributed by atoms with E-state index in [1.165, 1.54) is 10.5 Å². The van der Waals surface area contributed by atoms with Crippen molar-refractivity contribution in [2.24, 2.45) is 11.7 Å². The molecule has 0 unspecified atom stereocenters. The molecule has 0 radical (unpaired) electrons. The lowest BCUT2D eigenvalue weighted by Crippen LogP contribution is -2.58. The maximum absolute atomic E-state index is 5.94. The van der Waals surface area contributed by atoms with Crippen LogP contribution < -0.4 is 5.73 Å². The molecule has 1 aromatic carbocycles. The van der Waals surface area contributed by atoms with Crippen molar-refractivity contribution in [1.29, 1.82) is 0 Å². The molecule has 0 aromatic heterocycles. The summed E-state index contributed by atoms with van der Waals surface area (Å²) in [6, 6.07) is 9.52. The molecule has 2 fully saturated rings. The van der Waals surface area contributed by atoms with Crippen LogP contribution in [0.2, 0.25) is 0 Å². The predicted molar refractivity (Wildman–Crippen MR) is 76.0 cm³/mol. The third-order valence-corrected chi connectivity index (χ3v) is 5.31. The first-order valence-electron chi connectivity index (χ1n) is 6.81. The fourth-order valence-electron chi connectivity index (χ4n) is 3.12. The number of thioether (sulfide) groups is 1. The molecule has 98 valence electrons. The fourth-order valence-corrected chi connectivity index (χ4v) is 3.78. The van der Waals surface area contributed by atoms with Crippen LogP contribution in [0.3, 0.4) is 0 Å². The third kappa shape index (κ3) is 1.98. The number of ether oxygens (including phenoxy) is 1. The molecule has 3 rings (SSSR count). The quantitative estimate of drug-likeness (QED) is 0.848. The van der Waals surface area contributed by atoms with Gasteiger partial charge in [0, 0.05) is 16.4 Å². The van der Waals surface area contributed by atoms with Gasteiger partial charge >= 0.3 is 0 Å². The molecular formula is C15H21NOS. The Hall–Kier alpha value is -0.510. The zero-order valence-electron chi connectivity index (χ0n) is 10.9. The van der Waals surface area contributed by atoms with Crippen molar-refractivity contribution in [2.45, 2.75) is 36.1 Å². The van der Waals surface area contributed by atoms with Crippen LogP contribution in [0.5, 0.6) is 0 Å². The number of nitrogens with two attached hydrogens (primary N) is 1. The largest absolute Gasteiger partial charge is 0.379 e. The first kappa shape index (κ1) is 12.5. The summed E-state index contributed by atoms with van der Waals surface area (Å²) in [7, 11) is 0. The lowest BCUT2D eigenvalue weighted by molar-refractivity contribution is -0.111. The molecule has 0 atom stereocenters. The normalized spacial score (nSPS) is 29.4. The van der Waals surface area contributed by atoms with Crippen molar-refractivity contribution in [1.82, 2.24) is 0 Å². The summed E-state index contributed by atoms with van der Waals surface area (Å²) in [4.78, 5) is 1.36. The molecule has 0 bridgehead atoms. The van der Waals surface area contributed by atoms with Gasteiger partial charge in [0.25, 0.3) is 0 Å². The zero-order valence-corrected chi connectivity index (χ0v) is 11.7. The number of benzene rings is 1. The summed E-state index contributed by atoms with van der Waals surface area (Å²) >= 11 is 1.90. The molecule has 1 saturated heterocycles. The van der Waals surface area contributed by atoms with Crippen LogP contribution in [0.1, 0.15) is 25.3 Å². The highest BCUT2D eigenvalue weighted by molar-refractivity contribution is 7.99. The van der Waals surface area contributed by atoms with E-state index in [4.69, 9.17) is 10.5 Å². The summed E-state index contributed by atoms with van der Waals surface area (Å²) in [6.07, 6.45) is 2.32. The highest BCUT2D eigenvalue weighted by Crippen LogP contribution is 2.48. The van der Waals surface area contributed by atoms with Gasteiger partial charge < -0.3 is 10.5 Å². The van der Waals surface area contributed by atoms with Crippen LogP contribution in [-0.2, 0) is 10.2 Å². The highest BCUT2D eigenvalue weighted by atomic mass is 32.2. The van der Waals surface area contributed by atoms with Crippen molar-refractivity contribution >= 4 is 11.8 Å². The average Bonchev–Trinajstić information content (AvgIpc) is 2.28. The van der Waals surface area contributed by atoms with Gasteiger partial charge in [0.15, 0.2) is 0 Å². The van der Waals surface area contributed by atoms with E-state index < -0.39 is 0 Å². The summed E-state index contributed by atoms with van der Waals surface area (Å²) in [5.41, 5.74) is 7.66. The van der Waals surface area contributed by atoms with Crippen molar-refractivity contribution in [2.75, 3.05) is 19.0 Å². The molecule has 2 nitrogen and oxygen atoms in total. The molecule has 0 spiro atoms. The molecular weight excluding hydrogens is 242 g/mol. The van der Waals surface area contributed by atoms with Crippen LogP contribution in [0.15, 0.2) is 29.2 Å². The first-order chi connectivity index (χ1) is 8.74. The first-order valence-corrected chi connectivity index (χ1v) is 7.80. The summed E-state index contributed by atoms with van der Waals surface area (Å²) < 4.78 is 5.52. The molecule has 0 amide bonds. The van der Waals surface area contributed by atoms with Crippen molar-refractivity contribution in [3.8, 4) is 0 Å². The summed E-state index contributed by atoms with van der Waals surface area (Å²) in [5, 5.41) is 0. The Bertz CT molecular complexity index is 407. The molecule has 18 heavy (non-hydrogen) atoms. The average molecular weight is 263 g/mol. The smallest absolute Gasteiger partial charge is 0.0588 e. The monoisotopic (exact) mass is 263 g/mol. The Kier molecular flexibility index (Phi) is 3.39. The van der Waals surface area contributed by atoms with Gasteiger partial charge in [0.2, 0.25) is 0 Å². The Balaban J connectivity index is 1.79. The van der Waals surface area contributed by atoms with Crippen molar-refractivity contribution in [3.63, 3.8) is 0 Å². The minimum Gasteiger partial charge on any atom is -0.379 e. The Labute approximate surface area is 113 Å². The minimum atomic E-state index is 0.269. The third-order valence-electron chi connectivity index (χ3n) is 4.42. The van der Waals surface area contributed by atoms with E-state index in [-0.39, 0.29) is 5.41 Å². The lowest BCUT2D eigenvalue weighted by atomic mass is 9.59. The number of hydrogen-bond acceptors (Lipinski definition) is 3. The Morgan fingerprint density at radius 3 is 2.39 bits per heavy atom. The lowest BCUT2D eigenvalue weighted by Gasteiger charge is -2.53. The van der Waals surface area contributed by atoms with Crippen LogP contribution in [0, 0.1) is 5.92 Å². The second kappa shape index (κ2) is 4.87. The maximum Gasteiger partial charge on any atom is 0.0588 e. The topological polar surface area (TPSA) is 35.2 Å². The van der Waals surface area contributed by atoms with Crippen LogP contribution in [0.25, 0.3) is 0 Å². The molecule has 1 saturated carbocycles. The summed E-state index contributed by atoms with van der Waals surface area (Å²) in [6.45, 7) is 3.95. The van der Waals surface area contributed by atoms with E-state index in [9.17, 15) is 0 Å². The van der Waals surface area contributed by atoms with Gasteiger partial charge in [-0.25, -0.2) is 0 Å². The van der Waals surface area contributed by atoms with E-state index in [2.05, 4.69) is 31.2 Å². The van der Waals surface area contributed by atoms with E-state index in [1.54, 1.807) is 0 Å². The molecule has 1 aliphatic carbocycles. The highest BCUT2D eigenvalue weighted by Gasteiger charge is 2.51. The van der Waals surface area contributed by atoms with E-state index in [0.717, 1.165) is 37.7 Å². The van der Waals surface area contributed by atoms with Crippen molar-refractivity contribution < 1.29 is 4.74 Å². The molecule has 2 N–H and O–H groups in total. The second-order valence-corrected chi connectivity index (χ2v) is 6.87. The van der Waals surface area contributed by atoms with E-state index >= 15 is 0 Å². The van der Waals surface area contributed by atoms with Crippen LogP contribution in [0.4, 0.5) is 0 Å². The van der Waals surface area contributed by atoms with Gasteiger partial charge in [-0.15, -0.1) is 11.8 Å². The van der Waals surface area contributed by atoms with E-state index in [1.807, 2.05) is 11.8 Å². The van der Waals surface area contributed by atoms with Gasteiger partial charge in [-0.05, 0) is 42.2 Å². The SMILES string of the molecule is CCSc1ccc(C2(C3CC(N)C3)COC2)cc1. The molecule has 1 heterocycles. The predicted octanol–water partition coefficient (Wildman–Crippen LogP) is 2.80. The molecule has 1 aromatic rings. The maximum atomic E-state index is 5.94. The van der Waals surface area contributed by atoms with Crippen molar-refractivity contribution in [3.05, 3.63) is 29.8 Å². The van der Waals surface area contributed by atoms with E-state index in [0.29, 0.717) is 6.04 Å². The number of rotatable bonds is 4. The standard InChI is InChI=1S/C15H21NOS/c1-2-18-14-5-3-11(4-6-14)15(9-17-10-15)12-7-13(16)8-12/h3-6,12-13H,2,7-10,16H2,1H3. The van der Waals surface area contributed by atoms with Gasteiger partial charge in [-0.2, -0.15) is 0 Å². The summed E-state index contributed by atoms with van der Waals surface area (Å²) in [5.74, 6) is 1.86. The van der Waals surface area contributed by atoms with Crippen LogP contribution >= 0.6 is 11.8 Å². The second-order valence-electron chi connectivity index (χ2n) is 5.53. The Morgan fingerprint density at radius 2 is 1.94 bits per heavy atom. The van der Waals surface area contributed by atoms with Gasteiger partial charge in [-0.3, -0.25) is 0 Å². The Morgan fingerprint density at radius 1 is 1.28 bits per heavy atom. The van der Waals surface area contributed by atoms with Gasteiger partial charge in [0.1, 0.15) is 0 Å². The molecule has 1 aliphatic heterocycles. The fraction of sp³-hybridized carbons (Fsp3) is 0.600. The molecule has 2 aliphatic rings. The van der Waals surface area contributed by atoms with Gasteiger partial charge in [0.05, 0.1) is 13.2 Å².